The Labute approximate surface area is 85.2 Å². The van der Waals surface area contributed by atoms with E-state index >= 15 is 0 Å². The number of furan rings is 1. The summed E-state index contributed by atoms with van der Waals surface area (Å²) in [5.74, 6) is 1.07. The van der Waals surface area contributed by atoms with Crippen molar-refractivity contribution in [1.82, 2.24) is 0 Å². The van der Waals surface area contributed by atoms with Crippen LogP contribution in [0, 0.1) is 6.92 Å². The van der Waals surface area contributed by atoms with Crippen LogP contribution >= 0.6 is 15.9 Å². The Balaban J connectivity index is 2.89. The number of carbonyl (C=O) groups excluding carboxylic acids is 1. The molecule has 0 aliphatic rings. The van der Waals surface area contributed by atoms with Crippen LogP contribution < -0.4 is 0 Å². The molecule has 0 radical (unpaired) electrons. The molecule has 3 nitrogen and oxygen atoms in total. The zero-order chi connectivity index (χ0) is 9.84. The number of hydrogen-bond donors (Lipinski definition) is 0. The molecule has 0 amide bonds. The second-order valence-electron chi connectivity index (χ2n) is 2.61. The molecule has 0 aromatic carbocycles. The second-order valence-corrected chi connectivity index (χ2v) is 3.41. The molecule has 0 spiro atoms. The van der Waals surface area contributed by atoms with E-state index in [2.05, 4.69) is 20.7 Å². The van der Waals surface area contributed by atoms with Crippen LogP contribution in [0.25, 0.3) is 0 Å². The van der Waals surface area contributed by atoms with Gasteiger partial charge in [0.25, 0.3) is 0 Å². The molecule has 0 atom stereocenters. The first kappa shape index (κ1) is 10.3. The normalized spacial score (nSPS) is 10.1. The van der Waals surface area contributed by atoms with E-state index in [-0.39, 0.29) is 5.97 Å². The number of aryl methyl sites for hydroxylation is 2. The summed E-state index contributed by atoms with van der Waals surface area (Å²) in [6.45, 7) is 1.75. The maximum absolute atomic E-state index is 11.2. The fourth-order valence-corrected chi connectivity index (χ4v) is 1.46. The van der Waals surface area contributed by atoms with Gasteiger partial charge in [0.2, 0.25) is 0 Å². The van der Waals surface area contributed by atoms with E-state index in [1.807, 2.05) is 0 Å². The predicted octanol–water partition coefficient (Wildman–Crippen LogP) is 2.31. The molecule has 4 heteroatoms. The fourth-order valence-electron chi connectivity index (χ4n) is 1.07. The quantitative estimate of drug-likeness (QED) is 0.607. The highest BCUT2D eigenvalue weighted by atomic mass is 79.9. The van der Waals surface area contributed by atoms with Crippen LogP contribution in [0.3, 0.4) is 0 Å². The minimum atomic E-state index is -0.345. The number of carbonyl (C=O) groups is 1. The first-order valence-electron chi connectivity index (χ1n) is 3.92. The lowest BCUT2D eigenvalue weighted by Gasteiger charge is -1.93. The van der Waals surface area contributed by atoms with Crippen molar-refractivity contribution in [3.63, 3.8) is 0 Å². The third kappa shape index (κ3) is 2.34. The van der Waals surface area contributed by atoms with Gasteiger partial charge in [0.05, 0.1) is 7.11 Å². The van der Waals surface area contributed by atoms with Gasteiger partial charge >= 0.3 is 5.97 Å². The first-order chi connectivity index (χ1) is 6.19. The Hall–Kier alpha value is -0.770. The van der Waals surface area contributed by atoms with Crippen LogP contribution in [0.1, 0.15) is 21.9 Å². The molecule has 0 N–H and O–H groups in total. The third-order valence-electron chi connectivity index (χ3n) is 1.72. The van der Waals surface area contributed by atoms with E-state index in [9.17, 15) is 4.79 Å². The molecule has 1 aromatic heterocycles. The molecule has 0 fully saturated rings. The van der Waals surface area contributed by atoms with Gasteiger partial charge in [-0.15, -0.1) is 0 Å². The van der Waals surface area contributed by atoms with Crippen molar-refractivity contribution in [3.8, 4) is 0 Å². The van der Waals surface area contributed by atoms with Gasteiger partial charge in [-0.2, -0.15) is 0 Å². The fraction of sp³-hybridized carbons (Fsp3) is 0.444. The van der Waals surface area contributed by atoms with E-state index in [0.29, 0.717) is 11.3 Å². The summed E-state index contributed by atoms with van der Waals surface area (Å²) >= 11 is 3.30. The van der Waals surface area contributed by atoms with Gasteiger partial charge in [-0.3, -0.25) is 0 Å². The summed E-state index contributed by atoms with van der Waals surface area (Å²) in [6.07, 6.45) is 0.776. The topological polar surface area (TPSA) is 39.4 Å². The average molecular weight is 247 g/mol. The van der Waals surface area contributed by atoms with E-state index in [1.165, 1.54) is 7.11 Å². The van der Waals surface area contributed by atoms with Crippen LogP contribution in [0.2, 0.25) is 0 Å². The van der Waals surface area contributed by atoms with Gasteiger partial charge in [-0.25, -0.2) is 4.79 Å². The monoisotopic (exact) mass is 246 g/mol. The van der Waals surface area contributed by atoms with Gasteiger partial charge in [-0.05, 0) is 13.0 Å². The van der Waals surface area contributed by atoms with Crippen molar-refractivity contribution < 1.29 is 13.9 Å². The van der Waals surface area contributed by atoms with Crippen molar-refractivity contribution in [2.24, 2.45) is 0 Å². The lowest BCUT2D eigenvalue weighted by Crippen LogP contribution is -2.00. The predicted molar refractivity (Wildman–Crippen MR) is 52.3 cm³/mol. The highest BCUT2D eigenvalue weighted by Crippen LogP contribution is 2.16. The molecule has 0 unspecified atom stereocenters. The van der Waals surface area contributed by atoms with Crippen LogP contribution in [0.15, 0.2) is 10.5 Å². The smallest absolute Gasteiger partial charge is 0.341 e. The Morgan fingerprint density at radius 3 is 2.92 bits per heavy atom. The molecule has 0 aliphatic carbocycles. The number of halogens is 1. The Kier molecular flexibility index (Phi) is 3.54. The average Bonchev–Trinajstić information content (AvgIpc) is 2.46. The van der Waals surface area contributed by atoms with Crippen LogP contribution in [-0.4, -0.2) is 18.4 Å². The van der Waals surface area contributed by atoms with Gasteiger partial charge in [0.1, 0.15) is 17.1 Å². The molecule has 72 valence electrons. The lowest BCUT2D eigenvalue weighted by molar-refractivity contribution is 0.0599. The Bertz CT molecular complexity index is 304. The van der Waals surface area contributed by atoms with Gasteiger partial charge in [0, 0.05) is 11.8 Å². The minimum absolute atomic E-state index is 0.345. The Morgan fingerprint density at radius 1 is 1.69 bits per heavy atom. The van der Waals surface area contributed by atoms with Crippen molar-refractivity contribution >= 4 is 21.9 Å². The minimum Gasteiger partial charge on any atom is -0.465 e. The SMILES string of the molecule is COC(=O)c1cc(CCBr)oc1C. The van der Waals surface area contributed by atoms with E-state index in [0.717, 1.165) is 17.5 Å². The molecular weight excluding hydrogens is 236 g/mol. The number of hydrogen-bond acceptors (Lipinski definition) is 3. The Morgan fingerprint density at radius 2 is 2.38 bits per heavy atom. The van der Waals surface area contributed by atoms with E-state index < -0.39 is 0 Å². The molecule has 1 aromatic rings. The zero-order valence-electron chi connectivity index (χ0n) is 7.59. The zero-order valence-corrected chi connectivity index (χ0v) is 9.18. The van der Waals surface area contributed by atoms with Crippen molar-refractivity contribution in [3.05, 3.63) is 23.2 Å². The molecule has 13 heavy (non-hydrogen) atoms. The molecule has 1 rings (SSSR count). The largest absolute Gasteiger partial charge is 0.465 e. The van der Waals surface area contributed by atoms with Crippen LogP contribution in [0.5, 0.6) is 0 Å². The number of alkyl halides is 1. The first-order valence-corrected chi connectivity index (χ1v) is 5.04. The van der Waals surface area contributed by atoms with E-state index in [4.69, 9.17) is 4.42 Å². The van der Waals surface area contributed by atoms with Crippen LogP contribution in [-0.2, 0) is 11.2 Å². The van der Waals surface area contributed by atoms with Gasteiger partial charge in [-0.1, -0.05) is 15.9 Å². The maximum Gasteiger partial charge on any atom is 0.341 e. The molecule has 0 aliphatic heterocycles. The second kappa shape index (κ2) is 4.46. The van der Waals surface area contributed by atoms with E-state index in [1.54, 1.807) is 13.0 Å². The van der Waals surface area contributed by atoms with Gasteiger partial charge < -0.3 is 9.15 Å². The molecule has 1 heterocycles. The van der Waals surface area contributed by atoms with Crippen molar-refractivity contribution in [1.29, 1.82) is 0 Å². The molecule has 0 saturated carbocycles. The molecule has 0 saturated heterocycles. The summed E-state index contributed by atoms with van der Waals surface area (Å²) in [4.78, 5) is 11.2. The summed E-state index contributed by atoms with van der Waals surface area (Å²) in [5.41, 5.74) is 0.512. The summed E-state index contributed by atoms with van der Waals surface area (Å²) < 4.78 is 9.95. The maximum atomic E-state index is 11.2. The number of ether oxygens (including phenoxy) is 1. The molecular formula is C9H11BrO3. The van der Waals surface area contributed by atoms with Crippen molar-refractivity contribution in [2.75, 3.05) is 12.4 Å². The molecule has 0 bridgehead atoms. The highest BCUT2D eigenvalue weighted by molar-refractivity contribution is 9.09. The number of esters is 1. The van der Waals surface area contributed by atoms with Gasteiger partial charge in [0.15, 0.2) is 0 Å². The third-order valence-corrected chi connectivity index (χ3v) is 2.11. The standard InChI is InChI=1S/C9H11BrO3/c1-6-8(9(11)12-2)5-7(13-6)3-4-10/h5H,3-4H2,1-2H3. The van der Waals surface area contributed by atoms with Crippen LogP contribution in [0.4, 0.5) is 0 Å². The lowest BCUT2D eigenvalue weighted by atomic mass is 10.2. The number of rotatable bonds is 3. The summed E-state index contributed by atoms with van der Waals surface area (Å²) in [6, 6.07) is 1.72. The summed E-state index contributed by atoms with van der Waals surface area (Å²) in [5, 5.41) is 0.820. The number of methoxy groups -OCH3 is 1. The van der Waals surface area contributed by atoms with Crippen molar-refractivity contribution in [2.45, 2.75) is 13.3 Å². The summed E-state index contributed by atoms with van der Waals surface area (Å²) in [7, 11) is 1.36. The highest BCUT2D eigenvalue weighted by Gasteiger charge is 2.14.